The van der Waals surface area contributed by atoms with Gasteiger partial charge in [0.25, 0.3) is 0 Å². The maximum atomic E-state index is 14.0. The van der Waals surface area contributed by atoms with Crippen molar-refractivity contribution >= 4 is 20.9 Å². The van der Waals surface area contributed by atoms with Gasteiger partial charge in [-0.3, -0.25) is 4.90 Å². The first-order chi connectivity index (χ1) is 17.7. The minimum atomic E-state index is -4.93. The summed E-state index contributed by atoms with van der Waals surface area (Å²) in [6.45, 7) is 1.66. The zero-order valence-corrected chi connectivity index (χ0v) is 20.0. The largest absolute Gasteiger partial charge is 0.372 e. The van der Waals surface area contributed by atoms with Crippen molar-refractivity contribution in [1.29, 1.82) is 0 Å². The summed E-state index contributed by atoms with van der Waals surface area (Å²) < 4.78 is 98.2. The Balaban J connectivity index is 1.48. The molecule has 4 aromatic carbocycles. The zero-order chi connectivity index (χ0) is 26.3. The third-order valence-corrected chi connectivity index (χ3v) is 7.71. The number of nitrogens with zero attached hydrogens (tertiary/aromatic N) is 1. The highest BCUT2D eigenvalue weighted by atomic mass is 32.2. The summed E-state index contributed by atoms with van der Waals surface area (Å²) in [4.78, 5) is 1.86. The van der Waals surface area contributed by atoms with Crippen molar-refractivity contribution in [3.63, 3.8) is 0 Å². The molecule has 0 radical (unpaired) electrons. The monoisotopic (exact) mass is 533 g/mol. The van der Waals surface area contributed by atoms with Gasteiger partial charge in [-0.05, 0) is 53.4 Å². The first kappa shape index (κ1) is 25.2. The van der Waals surface area contributed by atoms with Crippen LogP contribution in [0.4, 0.5) is 22.0 Å². The Kier molecular flexibility index (Phi) is 6.63. The molecular weight excluding hydrogens is 513 g/mol. The number of hydrogen-bond acceptors (Lipinski definition) is 4. The van der Waals surface area contributed by atoms with Crippen LogP contribution in [0.5, 0.6) is 5.75 Å². The van der Waals surface area contributed by atoms with Gasteiger partial charge >= 0.3 is 10.1 Å². The predicted molar refractivity (Wildman–Crippen MR) is 127 cm³/mol. The van der Waals surface area contributed by atoms with Crippen LogP contribution in [-0.4, -0.2) is 19.9 Å². The Labute approximate surface area is 210 Å². The molecule has 37 heavy (non-hydrogen) atoms. The van der Waals surface area contributed by atoms with E-state index < -0.39 is 49.8 Å². The maximum Gasteiger partial charge on any atom is 0.339 e. The normalized spacial score (nSPS) is 16.4. The lowest BCUT2D eigenvalue weighted by molar-refractivity contribution is 0.250. The van der Waals surface area contributed by atoms with Crippen LogP contribution in [0.2, 0.25) is 0 Å². The predicted octanol–water partition coefficient (Wildman–Crippen LogP) is 6.64. The van der Waals surface area contributed by atoms with E-state index in [0.717, 1.165) is 36.9 Å². The highest BCUT2D eigenvalue weighted by molar-refractivity contribution is 7.87. The molecule has 1 unspecified atom stereocenters. The van der Waals surface area contributed by atoms with Crippen LogP contribution in [0.1, 0.15) is 30.0 Å². The van der Waals surface area contributed by atoms with Crippen LogP contribution >= 0.6 is 0 Å². The second kappa shape index (κ2) is 9.75. The molecule has 4 nitrogen and oxygen atoms in total. The average Bonchev–Trinajstić information content (AvgIpc) is 3.36. The van der Waals surface area contributed by atoms with Gasteiger partial charge in [0.05, 0.1) is 0 Å². The maximum absolute atomic E-state index is 14.0. The van der Waals surface area contributed by atoms with Gasteiger partial charge in [0.2, 0.25) is 34.8 Å². The average molecular weight is 534 g/mol. The van der Waals surface area contributed by atoms with E-state index in [1.54, 1.807) is 18.2 Å². The lowest BCUT2D eigenvalue weighted by Gasteiger charge is -2.26. The van der Waals surface area contributed by atoms with Crippen molar-refractivity contribution in [2.75, 3.05) is 6.54 Å². The van der Waals surface area contributed by atoms with E-state index in [1.165, 1.54) is 17.7 Å². The van der Waals surface area contributed by atoms with E-state index in [9.17, 15) is 30.4 Å². The molecule has 0 N–H and O–H groups in total. The Morgan fingerprint density at radius 2 is 1.49 bits per heavy atom. The SMILES string of the molecule is O=S(=O)(Oc1c(F)c(F)c(F)c(F)c1F)c1ccc2c(C3CCCN3Cc3ccccc3)cccc2c1. The number of hydrogen-bond donors (Lipinski definition) is 0. The second-order valence-electron chi connectivity index (χ2n) is 8.78. The molecule has 1 saturated heterocycles. The highest BCUT2D eigenvalue weighted by Crippen LogP contribution is 2.38. The topological polar surface area (TPSA) is 46.6 Å². The lowest BCUT2D eigenvalue weighted by atomic mass is 9.97. The third kappa shape index (κ3) is 4.67. The number of likely N-dealkylation sites (tertiary alicyclic amines) is 1. The van der Waals surface area contributed by atoms with Crippen LogP contribution in [0.15, 0.2) is 71.6 Å². The summed E-state index contributed by atoms with van der Waals surface area (Å²) in [5.74, 6) is -13.6. The summed E-state index contributed by atoms with van der Waals surface area (Å²) in [6, 6.07) is 19.5. The molecule has 0 bridgehead atoms. The van der Waals surface area contributed by atoms with Gasteiger partial charge in [-0.2, -0.15) is 17.2 Å². The van der Waals surface area contributed by atoms with Crippen molar-refractivity contribution < 1.29 is 34.6 Å². The van der Waals surface area contributed by atoms with Crippen LogP contribution in [-0.2, 0) is 16.7 Å². The van der Waals surface area contributed by atoms with Crippen LogP contribution in [0.3, 0.4) is 0 Å². The fourth-order valence-electron chi connectivity index (χ4n) is 4.73. The molecule has 1 aliphatic rings. The molecule has 1 heterocycles. The third-order valence-electron chi connectivity index (χ3n) is 6.49. The van der Waals surface area contributed by atoms with Gasteiger partial charge in [-0.25, -0.2) is 13.2 Å². The first-order valence-electron chi connectivity index (χ1n) is 11.4. The van der Waals surface area contributed by atoms with Gasteiger partial charge in [0.15, 0.2) is 0 Å². The molecule has 1 fully saturated rings. The number of rotatable bonds is 6. The van der Waals surface area contributed by atoms with Crippen LogP contribution in [0, 0.1) is 29.1 Å². The Hall–Kier alpha value is -3.50. The molecule has 4 aromatic rings. The summed E-state index contributed by atoms with van der Waals surface area (Å²) in [5.41, 5.74) is 2.17. The number of fused-ring (bicyclic) bond motifs is 1. The summed E-state index contributed by atoms with van der Waals surface area (Å²) in [6.07, 6.45) is 1.91. The molecule has 192 valence electrons. The van der Waals surface area contributed by atoms with E-state index in [-0.39, 0.29) is 6.04 Å². The van der Waals surface area contributed by atoms with Crippen molar-refractivity contribution in [2.45, 2.75) is 30.3 Å². The smallest absolute Gasteiger partial charge is 0.339 e. The highest BCUT2D eigenvalue weighted by Gasteiger charge is 2.32. The quantitative estimate of drug-likeness (QED) is 0.121. The van der Waals surface area contributed by atoms with E-state index in [0.29, 0.717) is 5.39 Å². The first-order valence-corrected chi connectivity index (χ1v) is 12.8. The summed E-state index contributed by atoms with van der Waals surface area (Å²) in [5, 5.41) is 1.30. The van der Waals surface area contributed by atoms with Crippen molar-refractivity contribution in [2.24, 2.45) is 0 Å². The van der Waals surface area contributed by atoms with Crippen LogP contribution in [0.25, 0.3) is 10.8 Å². The number of benzene rings is 4. The second-order valence-corrected chi connectivity index (χ2v) is 10.3. The molecule has 0 aliphatic carbocycles. The Bertz CT molecular complexity index is 1570. The fourth-order valence-corrected chi connectivity index (χ4v) is 5.70. The van der Waals surface area contributed by atoms with E-state index in [2.05, 4.69) is 21.2 Å². The van der Waals surface area contributed by atoms with Crippen LogP contribution < -0.4 is 4.18 Å². The lowest BCUT2D eigenvalue weighted by Crippen LogP contribution is -2.23. The molecular formula is C27H20F5NO3S. The van der Waals surface area contributed by atoms with Gasteiger partial charge in [-0.15, -0.1) is 0 Å². The molecule has 0 amide bonds. The molecule has 10 heteroatoms. The zero-order valence-electron chi connectivity index (χ0n) is 19.2. The van der Waals surface area contributed by atoms with E-state index >= 15 is 0 Å². The Morgan fingerprint density at radius 3 is 2.19 bits per heavy atom. The standard InChI is InChI=1S/C27H20F5NO3S/c28-22-23(29)25(31)27(26(32)24(22)30)36-37(34,35)18-11-12-19-17(14-18)8-4-9-20(19)21-10-5-13-33(21)15-16-6-2-1-3-7-16/h1-4,6-9,11-12,14,21H,5,10,13,15H2. The van der Waals surface area contributed by atoms with Gasteiger partial charge < -0.3 is 4.18 Å². The molecule has 0 aromatic heterocycles. The minimum absolute atomic E-state index is 0.0935. The van der Waals surface area contributed by atoms with E-state index in [4.69, 9.17) is 0 Å². The molecule has 1 atom stereocenters. The van der Waals surface area contributed by atoms with E-state index in [1.807, 2.05) is 24.3 Å². The van der Waals surface area contributed by atoms with Gasteiger partial charge in [-0.1, -0.05) is 54.6 Å². The summed E-state index contributed by atoms with van der Waals surface area (Å²) >= 11 is 0. The fraction of sp³-hybridized carbons (Fsp3) is 0.185. The molecule has 1 aliphatic heterocycles. The molecule has 5 rings (SSSR count). The van der Waals surface area contributed by atoms with Gasteiger partial charge in [0, 0.05) is 12.6 Å². The Morgan fingerprint density at radius 1 is 0.811 bits per heavy atom. The minimum Gasteiger partial charge on any atom is -0.372 e. The van der Waals surface area contributed by atoms with Crippen molar-refractivity contribution in [3.05, 3.63) is 107 Å². The summed E-state index contributed by atoms with van der Waals surface area (Å²) in [7, 11) is -4.93. The van der Waals surface area contributed by atoms with Crippen molar-refractivity contribution in [3.8, 4) is 5.75 Å². The molecule has 0 saturated carbocycles. The number of halogens is 5. The molecule has 0 spiro atoms. The van der Waals surface area contributed by atoms with Gasteiger partial charge in [0.1, 0.15) is 4.90 Å². The van der Waals surface area contributed by atoms with Crippen molar-refractivity contribution in [1.82, 2.24) is 4.90 Å².